The van der Waals surface area contributed by atoms with Crippen molar-refractivity contribution in [2.24, 2.45) is 11.8 Å². The number of ether oxygens (including phenoxy) is 2. The number of hydrogen-bond donors (Lipinski definition) is 1. The zero-order valence-corrected chi connectivity index (χ0v) is 17.8. The van der Waals surface area contributed by atoms with E-state index in [0.29, 0.717) is 23.4 Å². The van der Waals surface area contributed by atoms with Gasteiger partial charge in [-0.3, -0.25) is 19.7 Å². The van der Waals surface area contributed by atoms with Gasteiger partial charge in [0.05, 0.1) is 24.2 Å². The first kappa shape index (κ1) is 22.2. The third-order valence-corrected chi connectivity index (χ3v) is 5.68. The molecule has 9 nitrogen and oxygen atoms in total. The number of benzene rings is 1. The standard InChI is InChI=1S/C22H24N2O7/c1-5-31-22(27)17-12(3)23-15-10-11(2)16(21(26)30-4)20(25)19(15)18(17)13-6-8-14(9-7-13)24(28)29/h6-9,11,16,18,23H,5,10H2,1-4H3. The molecule has 3 rings (SSSR count). The van der Waals surface area contributed by atoms with E-state index in [9.17, 15) is 24.5 Å². The lowest BCUT2D eigenvalue weighted by atomic mass is 9.69. The topological polar surface area (TPSA) is 125 Å². The summed E-state index contributed by atoms with van der Waals surface area (Å²) >= 11 is 0. The van der Waals surface area contributed by atoms with Crippen molar-refractivity contribution in [3.63, 3.8) is 0 Å². The summed E-state index contributed by atoms with van der Waals surface area (Å²) in [4.78, 5) is 49.2. The largest absolute Gasteiger partial charge is 0.468 e. The summed E-state index contributed by atoms with van der Waals surface area (Å²) in [6, 6.07) is 5.68. The number of dihydropyridines is 1. The SMILES string of the molecule is CCOC(=O)C1=C(C)NC2=C(C(=O)C(C(=O)OC)C(C)C2)C1c1ccc([N+](=O)[O-])cc1. The Morgan fingerprint density at radius 2 is 1.90 bits per heavy atom. The number of allylic oxidation sites excluding steroid dienone is 3. The van der Waals surface area contributed by atoms with Crippen molar-refractivity contribution in [2.75, 3.05) is 13.7 Å². The molecule has 0 fully saturated rings. The molecular weight excluding hydrogens is 404 g/mol. The van der Waals surface area contributed by atoms with E-state index in [1.165, 1.54) is 31.4 Å². The van der Waals surface area contributed by atoms with E-state index >= 15 is 0 Å². The van der Waals surface area contributed by atoms with Crippen molar-refractivity contribution in [1.29, 1.82) is 0 Å². The van der Waals surface area contributed by atoms with Gasteiger partial charge in [0.2, 0.25) is 0 Å². The minimum absolute atomic E-state index is 0.110. The van der Waals surface area contributed by atoms with E-state index in [1.807, 2.05) is 0 Å². The minimum Gasteiger partial charge on any atom is -0.468 e. The number of nitrogens with one attached hydrogen (secondary N) is 1. The highest BCUT2D eigenvalue weighted by molar-refractivity contribution is 6.12. The molecule has 1 heterocycles. The molecular formula is C22H24N2O7. The molecule has 1 aromatic rings. The first-order valence-electron chi connectivity index (χ1n) is 9.95. The lowest BCUT2D eigenvalue weighted by Crippen LogP contribution is -2.43. The van der Waals surface area contributed by atoms with Gasteiger partial charge in [0, 0.05) is 35.0 Å². The molecule has 0 bridgehead atoms. The zero-order chi connectivity index (χ0) is 22.9. The van der Waals surface area contributed by atoms with Crippen molar-refractivity contribution in [3.8, 4) is 0 Å². The second-order valence-corrected chi connectivity index (χ2v) is 7.60. The highest BCUT2D eigenvalue weighted by Crippen LogP contribution is 2.45. The summed E-state index contributed by atoms with van der Waals surface area (Å²) in [7, 11) is 1.23. The second-order valence-electron chi connectivity index (χ2n) is 7.60. The lowest BCUT2D eigenvalue weighted by Gasteiger charge is -2.38. The fraction of sp³-hybridized carbons (Fsp3) is 0.409. The van der Waals surface area contributed by atoms with Crippen molar-refractivity contribution in [2.45, 2.75) is 33.1 Å². The summed E-state index contributed by atoms with van der Waals surface area (Å²) in [5.41, 5.74) is 2.11. The van der Waals surface area contributed by atoms with Gasteiger partial charge in [-0.15, -0.1) is 0 Å². The Kier molecular flexibility index (Phi) is 6.24. The molecule has 1 aliphatic heterocycles. The molecule has 0 spiro atoms. The number of non-ortho nitro benzene ring substituents is 1. The van der Waals surface area contributed by atoms with Gasteiger partial charge < -0.3 is 14.8 Å². The fourth-order valence-electron chi connectivity index (χ4n) is 4.28. The second kappa shape index (κ2) is 8.71. The summed E-state index contributed by atoms with van der Waals surface area (Å²) in [6.45, 7) is 5.34. The molecule has 1 aliphatic carbocycles. The summed E-state index contributed by atoms with van der Waals surface area (Å²) in [5.74, 6) is -3.75. The first-order valence-corrected chi connectivity index (χ1v) is 9.95. The Hall–Kier alpha value is -3.49. The van der Waals surface area contributed by atoms with Gasteiger partial charge >= 0.3 is 11.9 Å². The van der Waals surface area contributed by atoms with Crippen LogP contribution in [0.5, 0.6) is 0 Å². The molecule has 1 aromatic carbocycles. The number of carbonyl (C=O) groups is 3. The molecule has 2 aliphatic rings. The monoisotopic (exact) mass is 428 g/mol. The van der Waals surface area contributed by atoms with E-state index in [4.69, 9.17) is 9.47 Å². The quantitative estimate of drug-likeness (QED) is 0.328. The molecule has 0 saturated carbocycles. The summed E-state index contributed by atoms with van der Waals surface area (Å²) in [5, 5.41) is 14.2. The van der Waals surface area contributed by atoms with Crippen LogP contribution in [0.1, 0.15) is 38.7 Å². The molecule has 0 amide bonds. The highest BCUT2D eigenvalue weighted by atomic mass is 16.6. The van der Waals surface area contributed by atoms with Gasteiger partial charge in [0.25, 0.3) is 5.69 Å². The molecule has 0 radical (unpaired) electrons. The van der Waals surface area contributed by atoms with Crippen molar-refractivity contribution in [1.82, 2.24) is 5.32 Å². The molecule has 31 heavy (non-hydrogen) atoms. The number of carbonyl (C=O) groups excluding carboxylic acids is 3. The minimum atomic E-state index is -0.993. The van der Waals surface area contributed by atoms with Crippen LogP contribution in [0.15, 0.2) is 46.8 Å². The third kappa shape index (κ3) is 3.95. The van der Waals surface area contributed by atoms with Gasteiger partial charge in [-0.25, -0.2) is 4.79 Å². The number of nitro groups is 1. The van der Waals surface area contributed by atoms with E-state index in [-0.39, 0.29) is 29.4 Å². The number of nitro benzene ring substituents is 1. The van der Waals surface area contributed by atoms with Crippen LogP contribution < -0.4 is 5.32 Å². The van der Waals surface area contributed by atoms with E-state index in [1.54, 1.807) is 20.8 Å². The van der Waals surface area contributed by atoms with E-state index in [0.717, 1.165) is 0 Å². The maximum atomic E-state index is 13.5. The van der Waals surface area contributed by atoms with Crippen LogP contribution in [0.3, 0.4) is 0 Å². The molecule has 3 atom stereocenters. The number of Topliss-reactive ketones (excluding diaryl/α,β-unsaturated/α-hetero) is 1. The number of ketones is 1. The average molecular weight is 428 g/mol. The van der Waals surface area contributed by atoms with Crippen LogP contribution in [-0.2, 0) is 23.9 Å². The number of methoxy groups -OCH3 is 1. The van der Waals surface area contributed by atoms with E-state index in [2.05, 4.69) is 5.32 Å². The van der Waals surface area contributed by atoms with Gasteiger partial charge in [0.1, 0.15) is 5.92 Å². The van der Waals surface area contributed by atoms with Gasteiger partial charge in [-0.1, -0.05) is 19.1 Å². The van der Waals surface area contributed by atoms with Crippen molar-refractivity contribution in [3.05, 3.63) is 62.5 Å². The molecule has 1 N–H and O–H groups in total. The first-order chi connectivity index (χ1) is 14.7. The number of hydrogen-bond acceptors (Lipinski definition) is 8. The van der Waals surface area contributed by atoms with E-state index < -0.39 is 34.5 Å². The van der Waals surface area contributed by atoms with Crippen LogP contribution in [-0.4, -0.2) is 36.4 Å². The van der Waals surface area contributed by atoms with Crippen LogP contribution >= 0.6 is 0 Å². The average Bonchev–Trinajstić information content (AvgIpc) is 2.72. The highest BCUT2D eigenvalue weighted by Gasteiger charge is 2.47. The number of esters is 2. The molecule has 9 heteroatoms. The summed E-state index contributed by atoms with van der Waals surface area (Å²) in [6.07, 6.45) is 0.414. The zero-order valence-electron chi connectivity index (χ0n) is 17.8. The maximum Gasteiger partial charge on any atom is 0.336 e. The Labute approximate surface area is 179 Å². The number of rotatable bonds is 5. The Balaban J connectivity index is 2.18. The Bertz CT molecular complexity index is 1010. The van der Waals surface area contributed by atoms with Crippen LogP contribution in [0.2, 0.25) is 0 Å². The van der Waals surface area contributed by atoms with Crippen LogP contribution in [0, 0.1) is 22.0 Å². The predicted molar refractivity (Wildman–Crippen MR) is 110 cm³/mol. The summed E-state index contributed by atoms with van der Waals surface area (Å²) < 4.78 is 10.1. The van der Waals surface area contributed by atoms with Gasteiger partial charge in [-0.05, 0) is 31.7 Å². The molecule has 0 saturated heterocycles. The van der Waals surface area contributed by atoms with Crippen LogP contribution in [0.25, 0.3) is 0 Å². The number of nitrogens with zero attached hydrogens (tertiary/aromatic N) is 1. The molecule has 0 aromatic heterocycles. The Morgan fingerprint density at radius 3 is 2.45 bits per heavy atom. The van der Waals surface area contributed by atoms with Crippen LogP contribution in [0.4, 0.5) is 5.69 Å². The smallest absolute Gasteiger partial charge is 0.336 e. The normalized spacial score (nSPS) is 23.1. The molecule has 3 unspecified atom stereocenters. The lowest BCUT2D eigenvalue weighted by molar-refractivity contribution is -0.384. The fourth-order valence-corrected chi connectivity index (χ4v) is 4.28. The Morgan fingerprint density at radius 1 is 1.26 bits per heavy atom. The predicted octanol–water partition coefficient (Wildman–Crippen LogP) is 2.77. The molecule has 164 valence electrons. The van der Waals surface area contributed by atoms with Gasteiger partial charge in [-0.2, -0.15) is 0 Å². The van der Waals surface area contributed by atoms with Crippen molar-refractivity contribution >= 4 is 23.4 Å². The van der Waals surface area contributed by atoms with Gasteiger partial charge in [0.15, 0.2) is 5.78 Å². The maximum absolute atomic E-state index is 13.5. The van der Waals surface area contributed by atoms with Crippen molar-refractivity contribution < 1.29 is 28.8 Å². The third-order valence-electron chi connectivity index (χ3n) is 5.68.